The first-order valence-electron chi connectivity index (χ1n) is 7.98. The molecule has 110 valence electrons. The number of hydrogen-bond acceptors (Lipinski definition) is 0. The van der Waals surface area contributed by atoms with E-state index in [0.717, 1.165) is 0 Å². The Balaban J connectivity index is 2.28. The molecule has 21 heavy (non-hydrogen) atoms. The van der Waals surface area contributed by atoms with Crippen molar-refractivity contribution in [1.82, 2.24) is 0 Å². The molecule has 0 spiro atoms. The summed E-state index contributed by atoms with van der Waals surface area (Å²) < 4.78 is 0. The second-order valence-electron chi connectivity index (χ2n) is 7.28. The fourth-order valence-electron chi connectivity index (χ4n) is 4.28. The van der Waals surface area contributed by atoms with Gasteiger partial charge in [-0.1, -0.05) is 50.6 Å². The minimum atomic E-state index is 0.134. The predicted molar refractivity (Wildman–Crippen MR) is 93.3 cm³/mol. The summed E-state index contributed by atoms with van der Waals surface area (Å²) in [4.78, 5) is 0. The fraction of sp³-hybridized carbons (Fsp3) is 0.429. The number of benzene rings is 1. The molecule has 1 unspecified atom stereocenters. The largest absolute Gasteiger partial charge is 0.0737 e. The molecule has 0 radical (unpaired) electrons. The zero-order valence-corrected chi connectivity index (χ0v) is 14.4. The Morgan fingerprint density at radius 3 is 2.19 bits per heavy atom. The van der Waals surface area contributed by atoms with Gasteiger partial charge < -0.3 is 0 Å². The predicted octanol–water partition coefficient (Wildman–Crippen LogP) is 6.36. The summed E-state index contributed by atoms with van der Waals surface area (Å²) in [7, 11) is 0. The number of hydrogen-bond donors (Lipinski definition) is 0. The van der Waals surface area contributed by atoms with Gasteiger partial charge >= 0.3 is 0 Å². The molecule has 0 aromatic heterocycles. The highest BCUT2D eigenvalue weighted by Crippen LogP contribution is 2.53. The molecule has 0 fully saturated rings. The van der Waals surface area contributed by atoms with E-state index in [4.69, 9.17) is 0 Å². The van der Waals surface area contributed by atoms with Crippen LogP contribution in [0.3, 0.4) is 0 Å². The zero-order chi connectivity index (χ0) is 15.5. The van der Waals surface area contributed by atoms with Gasteiger partial charge in [-0.2, -0.15) is 0 Å². The molecule has 0 amide bonds. The van der Waals surface area contributed by atoms with Crippen LogP contribution in [0.25, 0.3) is 11.1 Å². The third-order valence-corrected chi connectivity index (χ3v) is 5.81. The van der Waals surface area contributed by atoms with Crippen molar-refractivity contribution in [1.29, 1.82) is 0 Å². The lowest BCUT2D eigenvalue weighted by atomic mass is 9.75. The monoisotopic (exact) mass is 278 g/mol. The van der Waals surface area contributed by atoms with Gasteiger partial charge in [0.15, 0.2) is 0 Å². The van der Waals surface area contributed by atoms with Gasteiger partial charge in [0.05, 0.1) is 0 Å². The Hall–Kier alpha value is -1.56. The molecule has 0 aliphatic heterocycles. The van der Waals surface area contributed by atoms with E-state index in [2.05, 4.69) is 72.7 Å². The zero-order valence-electron chi connectivity index (χ0n) is 14.4. The van der Waals surface area contributed by atoms with Crippen LogP contribution in [0.1, 0.15) is 71.1 Å². The van der Waals surface area contributed by atoms with Crippen LogP contribution < -0.4 is 0 Å². The van der Waals surface area contributed by atoms with E-state index >= 15 is 0 Å². The molecule has 0 saturated heterocycles. The summed E-state index contributed by atoms with van der Waals surface area (Å²) in [6.07, 6.45) is 2.40. The second-order valence-corrected chi connectivity index (χ2v) is 7.28. The molecule has 0 heterocycles. The van der Waals surface area contributed by atoms with E-state index in [9.17, 15) is 0 Å². The maximum absolute atomic E-state index is 2.40. The number of allylic oxidation sites excluding steroid dienone is 6. The topological polar surface area (TPSA) is 0 Å². The Morgan fingerprint density at radius 1 is 0.952 bits per heavy atom. The van der Waals surface area contributed by atoms with Crippen molar-refractivity contribution in [2.24, 2.45) is 5.41 Å². The first-order valence-corrected chi connectivity index (χ1v) is 7.98. The van der Waals surface area contributed by atoms with Crippen LogP contribution in [-0.2, 0) is 0 Å². The highest BCUT2D eigenvalue weighted by molar-refractivity contribution is 5.90. The third-order valence-electron chi connectivity index (χ3n) is 5.81. The summed E-state index contributed by atoms with van der Waals surface area (Å²) in [6.45, 7) is 16.2. The molecule has 1 atom stereocenters. The number of rotatable bonds is 1. The van der Waals surface area contributed by atoms with E-state index in [1.165, 1.54) is 44.6 Å². The van der Waals surface area contributed by atoms with Crippen molar-refractivity contribution < 1.29 is 0 Å². The lowest BCUT2D eigenvalue weighted by molar-refractivity contribution is 0.608. The smallest absolute Gasteiger partial charge is 0.0117 e. The Morgan fingerprint density at radius 2 is 1.62 bits per heavy atom. The summed E-state index contributed by atoms with van der Waals surface area (Å²) in [5.41, 5.74) is 12.0. The molecule has 1 aromatic carbocycles. The summed E-state index contributed by atoms with van der Waals surface area (Å²) >= 11 is 0. The van der Waals surface area contributed by atoms with Crippen molar-refractivity contribution in [3.05, 3.63) is 57.7 Å². The quantitative estimate of drug-likeness (QED) is 0.561. The Kier molecular flexibility index (Phi) is 3.06. The third kappa shape index (κ3) is 1.81. The first-order chi connectivity index (χ1) is 9.76. The molecule has 0 N–H and O–H groups in total. The van der Waals surface area contributed by atoms with Gasteiger partial charge in [0.25, 0.3) is 0 Å². The summed E-state index contributed by atoms with van der Waals surface area (Å²) in [5.74, 6) is 0.542. The standard InChI is InChI=1S/C21H26/c1-12-11-13(2)19-17(12)9-8-10-18(19)20-15(4)14(3)16(5)21(20,6)7/h8-12H,1-7H3. The Labute approximate surface area is 129 Å². The molecular formula is C21H26. The maximum Gasteiger partial charge on any atom is 0.0117 e. The SMILES string of the molecule is CC1=CC(C)c2cccc(C3=C(C)C(C)=C(C)C3(C)C)c21. The van der Waals surface area contributed by atoms with Gasteiger partial charge in [0, 0.05) is 11.3 Å². The van der Waals surface area contributed by atoms with Crippen LogP contribution in [0.4, 0.5) is 0 Å². The van der Waals surface area contributed by atoms with Gasteiger partial charge in [-0.25, -0.2) is 0 Å². The highest BCUT2D eigenvalue weighted by Gasteiger charge is 2.37. The van der Waals surface area contributed by atoms with Gasteiger partial charge in [0.1, 0.15) is 0 Å². The molecule has 0 nitrogen and oxygen atoms in total. The first kappa shape index (κ1) is 14.4. The lowest BCUT2D eigenvalue weighted by Gasteiger charge is -2.28. The number of fused-ring (bicyclic) bond motifs is 1. The minimum absolute atomic E-state index is 0.134. The van der Waals surface area contributed by atoms with Crippen LogP contribution >= 0.6 is 0 Å². The maximum atomic E-state index is 2.40. The minimum Gasteiger partial charge on any atom is -0.0737 e. The Bertz CT molecular complexity index is 720. The van der Waals surface area contributed by atoms with Gasteiger partial charge in [-0.05, 0) is 66.7 Å². The van der Waals surface area contributed by atoms with Gasteiger partial charge in [-0.3, -0.25) is 0 Å². The lowest BCUT2D eigenvalue weighted by Crippen LogP contribution is -2.14. The second kappa shape index (κ2) is 4.47. The van der Waals surface area contributed by atoms with Gasteiger partial charge in [-0.15, -0.1) is 0 Å². The van der Waals surface area contributed by atoms with Crippen LogP contribution in [0, 0.1) is 5.41 Å². The molecular weight excluding hydrogens is 252 g/mol. The van der Waals surface area contributed by atoms with Crippen LogP contribution in [-0.4, -0.2) is 0 Å². The highest BCUT2D eigenvalue weighted by atomic mass is 14.4. The summed E-state index contributed by atoms with van der Waals surface area (Å²) in [6, 6.07) is 6.85. The van der Waals surface area contributed by atoms with Crippen molar-refractivity contribution in [2.75, 3.05) is 0 Å². The van der Waals surface area contributed by atoms with Crippen molar-refractivity contribution in [3.8, 4) is 0 Å². The van der Waals surface area contributed by atoms with E-state index in [-0.39, 0.29) is 5.41 Å². The molecule has 2 aliphatic carbocycles. The van der Waals surface area contributed by atoms with Gasteiger partial charge in [0.2, 0.25) is 0 Å². The van der Waals surface area contributed by atoms with Crippen LogP contribution in [0.2, 0.25) is 0 Å². The molecule has 2 aliphatic rings. The van der Waals surface area contributed by atoms with Crippen molar-refractivity contribution in [2.45, 2.75) is 54.4 Å². The fourth-order valence-corrected chi connectivity index (χ4v) is 4.28. The van der Waals surface area contributed by atoms with Crippen molar-refractivity contribution >= 4 is 11.1 Å². The van der Waals surface area contributed by atoms with Crippen LogP contribution in [0.5, 0.6) is 0 Å². The molecule has 0 heteroatoms. The van der Waals surface area contributed by atoms with E-state index < -0.39 is 0 Å². The molecule has 0 saturated carbocycles. The average molecular weight is 278 g/mol. The van der Waals surface area contributed by atoms with Crippen LogP contribution in [0.15, 0.2) is 41.0 Å². The molecule has 0 bridgehead atoms. The summed E-state index contributed by atoms with van der Waals surface area (Å²) in [5, 5.41) is 0. The molecule has 1 aromatic rings. The van der Waals surface area contributed by atoms with E-state index in [1.54, 1.807) is 0 Å². The van der Waals surface area contributed by atoms with E-state index in [1.807, 2.05) is 0 Å². The molecule has 3 rings (SSSR count). The van der Waals surface area contributed by atoms with Crippen molar-refractivity contribution in [3.63, 3.8) is 0 Å². The normalized spacial score (nSPS) is 23.8. The van der Waals surface area contributed by atoms with E-state index in [0.29, 0.717) is 5.92 Å². The average Bonchev–Trinajstić information content (AvgIpc) is 2.79.